The second-order valence-electron chi connectivity index (χ2n) is 5.46. The Morgan fingerprint density at radius 1 is 1.26 bits per heavy atom. The fraction of sp³-hybridized carbons (Fsp3) is 0.800. The van der Waals surface area contributed by atoms with Gasteiger partial charge in [0, 0.05) is 39.8 Å². The molecule has 1 aliphatic heterocycles. The van der Waals surface area contributed by atoms with E-state index in [9.17, 15) is 0 Å². The number of guanidine groups is 1. The number of hydrogen-bond donors (Lipinski definition) is 2. The summed E-state index contributed by atoms with van der Waals surface area (Å²) in [7, 11) is 1.72. The van der Waals surface area contributed by atoms with Crippen molar-refractivity contribution in [1.82, 2.24) is 25.4 Å². The lowest BCUT2D eigenvalue weighted by Crippen LogP contribution is -2.38. The fourth-order valence-corrected chi connectivity index (χ4v) is 2.58. The van der Waals surface area contributed by atoms with Crippen LogP contribution in [0.2, 0.25) is 0 Å². The highest BCUT2D eigenvalue weighted by Crippen LogP contribution is 2.14. The van der Waals surface area contributed by atoms with E-state index in [0.29, 0.717) is 6.54 Å². The Hall–Kier alpha value is -0.900. The fourth-order valence-electron chi connectivity index (χ4n) is 2.58. The Labute approximate surface area is 155 Å². The Morgan fingerprint density at radius 2 is 2.13 bits per heavy atom. The van der Waals surface area contributed by atoms with E-state index in [4.69, 9.17) is 4.74 Å². The van der Waals surface area contributed by atoms with Crippen molar-refractivity contribution in [1.29, 1.82) is 0 Å². The number of ether oxygens (including phenoxy) is 1. The molecule has 0 atom stereocenters. The summed E-state index contributed by atoms with van der Waals surface area (Å²) in [5, 5.41) is 15.2. The maximum Gasteiger partial charge on any atom is 0.191 e. The van der Waals surface area contributed by atoms with Crippen molar-refractivity contribution in [2.75, 3.05) is 26.8 Å². The molecular weight excluding hydrogens is 407 g/mol. The molecule has 2 N–H and O–H groups in total. The molecule has 7 nitrogen and oxygen atoms in total. The van der Waals surface area contributed by atoms with Gasteiger partial charge in [0.15, 0.2) is 11.8 Å². The largest absolute Gasteiger partial charge is 0.385 e. The molecule has 0 aliphatic carbocycles. The van der Waals surface area contributed by atoms with Gasteiger partial charge >= 0.3 is 0 Å². The van der Waals surface area contributed by atoms with Gasteiger partial charge in [-0.1, -0.05) is 6.42 Å². The first kappa shape index (κ1) is 20.1. The Kier molecular flexibility index (Phi) is 10.2. The topological polar surface area (TPSA) is 76.4 Å². The second kappa shape index (κ2) is 11.6. The predicted octanol–water partition coefficient (Wildman–Crippen LogP) is 1.71. The van der Waals surface area contributed by atoms with Gasteiger partial charge in [-0.25, -0.2) is 4.99 Å². The van der Waals surface area contributed by atoms with E-state index < -0.39 is 0 Å². The summed E-state index contributed by atoms with van der Waals surface area (Å²) in [6, 6.07) is 0. The molecule has 0 aromatic carbocycles. The molecule has 1 aromatic heterocycles. The molecule has 2 rings (SSSR count). The first-order valence-corrected chi connectivity index (χ1v) is 8.27. The highest BCUT2D eigenvalue weighted by Gasteiger charge is 2.14. The molecule has 2 heterocycles. The molecule has 0 unspecified atom stereocenters. The van der Waals surface area contributed by atoms with Crippen molar-refractivity contribution in [3.63, 3.8) is 0 Å². The zero-order valence-corrected chi connectivity index (χ0v) is 16.5. The van der Waals surface area contributed by atoms with Crippen molar-refractivity contribution in [2.45, 2.75) is 52.1 Å². The number of aromatic nitrogens is 3. The highest BCUT2D eigenvalue weighted by atomic mass is 127. The van der Waals surface area contributed by atoms with E-state index >= 15 is 0 Å². The van der Waals surface area contributed by atoms with E-state index in [-0.39, 0.29) is 24.0 Å². The molecule has 1 aromatic rings. The van der Waals surface area contributed by atoms with Gasteiger partial charge in [-0.3, -0.25) is 0 Å². The molecule has 8 heteroatoms. The second-order valence-corrected chi connectivity index (χ2v) is 5.46. The van der Waals surface area contributed by atoms with Crippen LogP contribution in [0.25, 0.3) is 0 Å². The number of nitrogens with one attached hydrogen (secondary N) is 2. The number of nitrogens with zero attached hydrogens (tertiary/aromatic N) is 4. The number of fused-ring (bicyclic) bond motifs is 1. The van der Waals surface area contributed by atoms with Crippen molar-refractivity contribution in [2.24, 2.45) is 4.99 Å². The van der Waals surface area contributed by atoms with Crippen LogP contribution in [-0.2, 0) is 24.2 Å². The smallest absolute Gasteiger partial charge is 0.191 e. The van der Waals surface area contributed by atoms with Crippen LogP contribution < -0.4 is 10.6 Å². The first-order chi connectivity index (χ1) is 10.8. The molecule has 1 aliphatic rings. The minimum atomic E-state index is 0. The summed E-state index contributed by atoms with van der Waals surface area (Å²) in [6.07, 6.45) is 5.69. The number of aryl methyl sites for hydroxylation is 1. The average Bonchev–Trinajstić information content (AvgIpc) is 2.76. The molecule has 0 saturated heterocycles. The average molecular weight is 436 g/mol. The molecule has 0 amide bonds. The number of rotatable bonds is 7. The number of aliphatic imine (C=N–C) groups is 1. The summed E-state index contributed by atoms with van der Waals surface area (Å²) >= 11 is 0. The lowest BCUT2D eigenvalue weighted by atomic mass is 10.2. The van der Waals surface area contributed by atoms with E-state index in [2.05, 4.69) is 37.3 Å². The van der Waals surface area contributed by atoms with Gasteiger partial charge in [0.1, 0.15) is 12.4 Å². The van der Waals surface area contributed by atoms with Crippen LogP contribution in [0.1, 0.15) is 44.3 Å². The number of methoxy groups -OCH3 is 1. The zero-order chi connectivity index (χ0) is 15.6. The third-order valence-electron chi connectivity index (χ3n) is 3.73. The van der Waals surface area contributed by atoms with E-state index in [1.54, 1.807) is 7.11 Å². The summed E-state index contributed by atoms with van der Waals surface area (Å²) in [5.41, 5.74) is 0. The van der Waals surface area contributed by atoms with E-state index in [1.165, 1.54) is 19.3 Å². The minimum absolute atomic E-state index is 0. The third kappa shape index (κ3) is 6.62. The van der Waals surface area contributed by atoms with Crippen LogP contribution in [0.3, 0.4) is 0 Å². The molecule has 23 heavy (non-hydrogen) atoms. The molecule has 132 valence electrons. The van der Waals surface area contributed by atoms with Gasteiger partial charge in [0.2, 0.25) is 0 Å². The standard InChI is InChI=1S/C15H28N6O.HI/c1-3-16-15(17-9-7-11-22-2)18-12-14-20-19-13-8-5-4-6-10-21(13)14;/h3-12H2,1-2H3,(H2,16,17,18);1H. The maximum absolute atomic E-state index is 5.05. The third-order valence-corrected chi connectivity index (χ3v) is 3.73. The first-order valence-electron chi connectivity index (χ1n) is 8.27. The van der Waals surface area contributed by atoms with E-state index in [1.807, 2.05) is 0 Å². The summed E-state index contributed by atoms with van der Waals surface area (Å²) in [6.45, 7) is 6.09. The molecule has 0 spiro atoms. The van der Waals surface area contributed by atoms with Gasteiger partial charge < -0.3 is 19.9 Å². The van der Waals surface area contributed by atoms with Crippen molar-refractivity contribution in [3.05, 3.63) is 11.6 Å². The van der Waals surface area contributed by atoms with Crippen LogP contribution in [0.5, 0.6) is 0 Å². The zero-order valence-electron chi connectivity index (χ0n) is 14.2. The van der Waals surface area contributed by atoms with Crippen LogP contribution in [0.15, 0.2) is 4.99 Å². The maximum atomic E-state index is 5.05. The monoisotopic (exact) mass is 436 g/mol. The van der Waals surface area contributed by atoms with Gasteiger partial charge in [-0.15, -0.1) is 34.2 Å². The Morgan fingerprint density at radius 3 is 2.91 bits per heavy atom. The summed E-state index contributed by atoms with van der Waals surface area (Å²) in [5.74, 6) is 2.90. The van der Waals surface area contributed by atoms with Crippen LogP contribution in [0, 0.1) is 0 Å². The van der Waals surface area contributed by atoms with Crippen molar-refractivity contribution < 1.29 is 4.74 Å². The summed E-state index contributed by atoms with van der Waals surface area (Å²) in [4.78, 5) is 4.62. The number of hydrogen-bond acceptors (Lipinski definition) is 4. The lowest BCUT2D eigenvalue weighted by molar-refractivity contribution is 0.195. The van der Waals surface area contributed by atoms with Crippen molar-refractivity contribution in [3.8, 4) is 0 Å². The van der Waals surface area contributed by atoms with Gasteiger partial charge in [0.25, 0.3) is 0 Å². The Balaban J connectivity index is 0.00000264. The quantitative estimate of drug-likeness (QED) is 0.295. The number of halogens is 1. The highest BCUT2D eigenvalue weighted by molar-refractivity contribution is 14.0. The van der Waals surface area contributed by atoms with E-state index in [0.717, 1.165) is 56.7 Å². The summed E-state index contributed by atoms with van der Waals surface area (Å²) < 4.78 is 7.30. The SMILES string of the molecule is CCNC(=NCc1nnc2n1CCCCC2)NCCCOC.I. The predicted molar refractivity (Wildman–Crippen MR) is 102 cm³/mol. The van der Waals surface area contributed by atoms with Gasteiger partial charge in [-0.2, -0.15) is 0 Å². The van der Waals surface area contributed by atoms with Crippen molar-refractivity contribution >= 4 is 29.9 Å². The van der Waals surface area contributed by atoms with Gasteiger partial charge in [0.05, 0.1) is 0 Å². The molecular formula is C15H29IN6O. The lowest BCUT2D eigenvalue weighted by Gasteiger charge is -2.11. The molecule has 0 saturated carbocycles. The molecule has 0 fully saturated rings. The van der Waals surface area contributed by atoms with Gasteiger partial charge in [-0.05, 0) is 26.2 Å². The normalized spacial score (nSPS) is 14.6. The molecule has 0 radical (unpaired) electrons. The van der Waals surface area contributed by atoms with Crippen LogP contribution >= 0.6 is 24.0 Å². The van der Waals surface area contributed by atoms with Crippen LogP contribution in [0.4, 0.5) is 0 Å². The van der Waals surface area contributed by atoms with Crippen LogP contribution in [-0.4, -0.2) is 47.5 Å². The minimum Gasteiger partial charge on any atom is -0.385 e. The Bertz CT molecular complexity index is 477. The molecule has 0 bridgehead atoms.